The molecule has 3 nitrogen and oxygen atoms in total. The van der Waals surface area contributed by atoms with Crippen molar-refractivity contribution in [2.75, 3.05) is 36.1 Å². The SMILES string of the molecule is c1ccc2oc(C3CCN(C4CSCCSC4)CC3)nc2c1. The highest BCUT2D eigenvalue weighted by Crippen LogP contribution is 2.32. The molecule has 0 aliphatic carbocycles. The number of fused-ring (bicyclic) bond motifs is 1. The summed E-state index contributed by atoms with van der Waals surface area (Å²) in [5.41, 5.74) is 1.92. The summed E-state index contributed by atoms with van der Waals surface area (Å²) in [5.74, 6) is 6.70. The maximum absolute atomic E-state index is 5.97. The smallest absolute Gasteiger partial charge is 0.198 e. The van der Waals surface area contributed by atoms with E-state index in [-0.39, 0.29) is 0 Å². The van der Waals surface area contributed by atoms with E-state index in [1.807, 2.05) is 24.3 Å². The first-order valence-electron chi connectivity index (χ1n) is 8.15. The van der Waals surface area contributed by atoms with E-state index < -0.39 is 0 Å². The Hall–Kier alpha value is -0.650. The predicted octanol–water partition coefficient (Wildman–Crippen LogP) is 3.86. The van der Waals surface area contributed by atoms with Crippen molar-refractivity contribution in [1.82, 2.24) is 9.88 Å². The van der Waals surface area contributed by atoms with Gasteiger partial charge in [0.1, 0.15) is 5.52 Å². The van der Waals surface area contributed by atoms with Gasteiger partial charge in [-0.3, -0.25) is 4.90 Å². The summed E-state index contributed by atoms with van der Waals surface area (Å²) in [6.07, 6.45) is 2.36. The molecule has 1 aromatic carbocycles. The first-order chi connectivity index (χ1) is 10.9. The average Bonchev–Trinajstić information content (AvgIpc) is 2.81. The lowest BCUT2D eigenvalue weighted by Gasteiger charge is -2.36. The normalized spacial score (nSPS) is 22.9. The van der Waals surface area contributed by atoms with Crippen LogP contribution < -0.4 is 0 Å². The zero-order valence-corrected chi connectivity index (χ0v) is 14.4. The number of likely N-dealkylation sites (tertiary alicyclic amines) is 1. The van der Waals surface area contributed by atoms with E-state index in [2.05, 4.69) is 28.4 Å². The van der Waals surface area contributed by atoms with E-state index in [0.29, 0.717) is 5.92 Å². The number of rotatable bonds is 2. The van der Waals surface area contributed by atoms with Gasteiger partial charge in [0.05, 0.1) is 0 Å². The minimum atomic E-state index is 0.495. The minimum absolute atomic E-state index is 0.495. The Balaban J connectivity index is 1.40. The molecular formula is C17H22N2OS2. The summed E-state index contributed by atoms with van der Waals surface area (Å²) in [7, 11) is 0. The van der Waals surface area contributed by atoms with Gasteiger partial charge in [0.25, 0.3) is 0 Å². The first kappa shape index (κ1) is 14.9. The van der Waals surface area contributed by atoms with E-state index in [1.165, 1.54) is 48.9 Å². The van der Waals surface area contributed by atoms with Gasteiger partial charge in [0.2, 0.25) is 0 Å². The lowest BCUT2D eigenvalue weighted by Crippen LogP contribution is -2.43. The van der Waals surface area contributed by atoms with E-state index in [9.17, 15) is 0 Å². The third-order valence-electron chi connectivity index (χ3n) is 4.70. The second kappa shape index (κ2) is 6.85. The third-order valence-corrected chi connectivity index (χ3v) is 7.18. The quantitative estimate of drug-likeness (QED) is 0.832. The Labute approximate surface area is 140 Å². The maximum atomic E-state index is 5.97. The molecular weight excluding hydrogens is 312 g/mol. The number of oxazole rings is 1. The van der Waals surface area contributed by atoms with Gasteiger partial charge in [0, 0.05) is 35.0 Å². The number of para-hydroxylation sites is 2. The van der Waals surface area contributed by atoms with Crippen LogP contribution in [0, 0.1) is 0 Å². The summed E-state index contributed by atoms with van der Waals surface area (Å²) >= 11 is 4.25. The fraction of sp³-hybridized carbons (Fsp3) is 0.588. The van der Waals surface area contributed by atoms with E-state index in [4.69, 9.17) is 9.40 Å². The fourth-order valence-corrected chi connectivity index (χ4v) is 6.02. The molecule has 2 aromatic rings. The Morgan fingerprint density at radius 2 is 1.77 bits per heavy atom. The van der Waals surface area contributed by atoms with Crippen molar-refractivity contribution in [2.45, 2.75) is 24.8 Å². The first-order valence-corrected chi connectivity index (χ1v) is 10.5. The highest BCUT2D eigenvalue weighted by Gasteiger charge is 2.28. The van der Waals surface area contributed by atoms with E-state index in [1.54, 1.807) is 0 Å². The van der Waals surface area contributed by atoms with Crippen molar-refractivity contribution >= 4 is 34.6 Å². The molecule has 3 heterocycles. The van der Waals surface area contributed by atoms with Gasteiger partial charge < -0.3 is 4.42 Å². The molecule has 0 saturated carbocycles. The highest BCUT2D eigenvalue weighted by atomic mass is 32.2. The molecule has 2 fully saturated rings. The number of benzene rings is 1. The van der Waals surface area contributed by atoms with Crippen molar-refractivity contribution < 1.29 is 4.42 Å². The van der Waals surface area contributed by atoms with Crippen molar-refractivity contribution in [3.05, 3.63) is 30.2 Å². The van der Waals surface area contributed by atoms with Crippen LogP contribution in [-0.4, -0.2) is 52.0 Å². The summed E-state index contributed by atoms with van der Waals surface area (Å²) in [5, 5.41) is 0. The van der Waals surface area contributed by atoms with Crippen molar-refractivity contribution in [1.29, 1.82) is 0 Å². The minimum Gasteiger partial charge on any atom is -0.440 e. The molecule has 4 rings (SSSR count). The summed E-state index contributed by atoms with van der Waals surface area (Å²) in [6, 6.07) is 8.86. The number of hydrogen-bond donors (Lipinski definition) is 0. The second-order valence-electron chi connectivity index (χ2n) is 6.13. The Bertz CT molecular complexity index is 581. The molecule has 5 heteroatoms. The monoisotopic (exact) mass is 334 g/mol. The van der Waals surface area contributed by atoms with Crippen molar-refractivity contribution in [3.8, 4) is 0 Å². The van der Waals surface area contributed by atoms with Crippen LogP contribution in [0.4, 0.5) is 0 Å². The molecule has 2 saturated heterocycles. The van der Waals surface area contributed by atoms with Crippen LogP contribution in [0.25, 0.3) is 11.1 Å². The van der Waals surface area contributed by atoms with E-state index in [0.717, 1.165) is 23.0 Å². The lowest BCUT2D eigenvalue weighted by molar-refractivity contribution is 0.168. The van der Waals surface area contributed by atoms with Crippen LogP contribution in [0.1, 0.15) is 24.7 Å². The molecule has 118 valence electrons. The number of piperidine rings is 1. The van der Waals surface area contributed by atoms with Gasteiger partial charge in [-0.05, 0) is 38.1 Å². The number of hydrogen-bond acceptors (Lipinski definition) is 5. The summed E-state index contributed by atoms with van der Waals surface area (Å²) in [6.45, 7) is 2.38. The molecule has 0 radical (unpaired) electrons. The van der Waals surface area contributed by atoms with Crippen molar-refractivity contribution in [2.24, 2.45) is 0 Å². The lowest BCUT2D eigenvalue weighted by atomic mass is 9.96. The highest BCUT2D eigenvalue weighted by molar-refractivity contribution is 8.03. The number of aromatic nitrogens is 1. The van der Waals surface area contributed by atoms with Crippen LogP contribution in [-0.2, 0) is 0 Å². The molecule has 2 aliphatic heterocycles. The third kappa shape index (κ3) is 3.17. The molecule has 1 aromatic heterocycles. The number of thioether (sulfide) groups is 2. The molecule has 0 spiro atoms. The van der Waals surface area contributed by atoms with E-state index >= 15 is 0 Å². The molecule has 0 N–H and O–H groups in total. The van der Waals surface area contributed by atoms with Gasteiger partial charge in [-0.1, -0.05) is 12.1 Å². The van der Waals surface area contributed by atoms with Gasteiger partial charge in [0.15, 0.2) is 11.5 Å². The van der Waals surface area contributed by atoms with Crippen LogP contribution in [0.5, 0.6) is 0 Å². The van der Waals surface area contributed by atoms with Crippen LogP contribution in [0.15, 0.2) is 28.7 Å². The van der Waals surface area contributed by atoms with Gasteiger partial charge >= 0.3 is 0 Å². The zero-order valence-electron chi connectivity index (χ0n) is 12.7. The molecule has 2 aliphatic rings. The summed E-state index contributed by atoms with van der Waals surface area (Å²) in [4.78, 5) is 7.39. The summed E-state index contributed by atoms with van der Waals surface area (Å²) < 4.78 is 5.97. The van der Waals surface area contributed by atoms with Crippen LogP contribution >= 0.6 is 23.5 Å². The Morgan fingerprint density at radius 3 is 2.50 bits per heavy atom. The number of nitrogens with zero attached hydrogens (tertiary/aromatic N) is 2. The van der Waals surface area contributed by atoms with Crippen molar-refractivity contribution in [3.63, 3.8) is 0 Å². The average molecular weight is 335 g/mol. The molecule has 0 amide bonds. The molecule has 0 unspecified atom stereocenters. The van der Waals surface area contributed by atoms with Gasteiger partial charge in [-0.25, -0.2) is 4.98 Å². The standard InChI is InChI=1S/C17H22N2OS2/c1-2-4-16-15(3-1)18-17(20-16)13-5-7-19(8-6-13)14-11-21-9-10-22-12-14/h1-4,13-14H,5-12H2. The predicted molar refractivity (Wildman–Crippen MR) is 96.0 cm³/mol. The van der Waals surface area contributed by atoms with Gasteiger partial charge in [-0.2, -0.15) is 23.5 Å². The van der Waals surface area contributed by atoms with Crippen LogP contribution in [0.2, 0.25) is 0 Å². The molecule has 22 heavy (non-hydrogen) atoms. The molecule has 0 bridgehead atoms. The Kier molecular flexibility index (Phi) is 4.64. The second-order valence-corrected chi connectivity index (χ2v) is 8.43. The van der Waals surface area contributed by atoms with Crippen LogP contribution in [0.3, 0.4) is 0 Å². The van der Waals surface area contributed by atoms with Gasteiger partial charge in [-0.15, -0.1) is 0 Å². The largest absolute Gasteiger partial charge is 0.440 e. The molecule has 0 atom stereocenters. The topological polar surface area (TPSA) is 29.3 Å². The zero-order chi connectivity index (χ0) is 14.8. The maximum Gasteiger partial charge on any atom is 0.198 e. The fourth-order valence-electron chi connectivity index (χ4n) is 3.39. The Morgan fingerprint density at radius 1 is 1.05 bits per heavy atom.